The molecule has 0 fully saturated rings. The molecule has 0 radical (unpaired) electrons. The lowest BCUT2D eigenvalue weighted by atomic mass is 9.92. The van der Waals surface area contributed by atoms with Gasteiger partial charge in [0, 0.05) is 14.2 Å². The number of ether oxygens (including phenoxy) is 1. The van der Waals surface area contributed by atoms with Gasteiger partial charge in [0.15, 0.2) is 5.54 Å². The number of carbonyl (C=O) groups excluding carboxylic acids is 1. The molecular formula is C15H22N2O4. The molecule has 2 atom stereocenters. The molecule has 21 heavy (non-hydrogen) atoms. The van der Waals surface area contributed by atoms with Crippen LogP contribution in [0.4, 0.5) is 4.79 Å². The molecule has 6 nitrogen and oxygen atoms in total. The van der Waals surface area contributed by atoms with Crippen LogP contribution >= 0.6 is 0 Å². The Morgan fingerprint density at radius 3 is 2.43 bits per heavy atom. The Morgan fingerprint density at radius 1 is 1.38 bits per heavy atom. The van der Waals surface area contributed by atoms with Gasteiger partial charge in [0.2, 0.25) is 0 Å². The zero-order valence-corrected chi connectivity index (χ0v) is 12.8. The van der Waals surface area contributed by atoms with Crippen molar-refractivity contribution in [2.45, 2.75) is 25.4 Å². The summed E-state index contributed by atoms with van der Waals surface area (Å²) in [5.74, 6) is -1.12. The lowest BCUT2D eigenvalue weighted by Gasteiger charge is -2.31. The maximum absolute atomic E-state index is 12.2. The van der Waals surface area contributed by atoms with E-state index in [1.165, 1.54) is 11.8 Å². The van der Waals surface area contributed by atoms with E-state index in [9.17, 15) is 14.7 Å². The van der Waals surface area contributed by atoms with Gasteiger partial charge in [0.25, 0.3) is 0 Å². The molecule has 0 aliphatic rings. The number of rotatable bonds is 6. The normalized spacial score (nSPS) is 14.9. The molecule has 6 heteroatoms. The zero-order valence-electron chi connectivity index (χ0n) is 12.8. The monoisotopic (exact) mass is 294 g/mol. The van der Waals surface area contributed by atoms with Crippen LogP contribution in [0.3, 0.4) is 0 Å². The highest BCUT2D eigenvalue weighted by molar-refractivity contribution is 5.87. The standard InChI is InChI=1S/C15H22N2O4/c1-11(10-21-4)17(3)14(20)16-15(2,13(18)19)12-8-6-5-7-9-12/h5-9,11H,10H2,1-4H3,(H,16,20)(H,18,19). The maximum Gasteiger partial charge on any atom is 0.333 e. The van der Waals surface area contributed by atoms with Crippen LogP contribution in [0, 0.1) is 0 Å². The first-order chi connectivity index (χ1) is 9.82. The van der Waals surface area contributed by atoms with Gasteiger partial charge >= 0.3 is 12.0 Å². The molecule has 0 aliphatic carbocycles. The molecule has 116 valence electrons. The van der Waals surface area contributed by atoms with Crippen molar-refractivity contribution >= 4 is 12.0 Å². The molecule has 0 saturated carbocycles. The van der Waals surface area contributed by atoms with Gasteiger partial charge in [-0.3, -0.25) is 0 Å². The lowest BCUT2D eigenvalue weighted by molar-refractivity contribution is -0.144. The number of methoxy groups -OCH3 is 1. The number of carboxylic acid groups (broad SMARTS) is 1. The molecule has 0 bridgehead atoms. The summed E-state index contributed by atoms with van der Waals surface area (Å²) in [5, 5.41) is 12.1. The average molecular weight is 294 g/mol. The second kappa shape index (κ2) is 7.08. The van der Waals surface area contributed by atoms with E-state index in [4.69, 9.17) is 4.74 Å². The molecule has 1 rings (SSSR count). The summed E-state index contributed by atoms with van der Waals surface area (Å²) in [6, 6.07) is 7.98. The minimum absolute atomic E-state index is 0.163. The molecule has 0 aliphatic heterocycles. The highest BCUT2D eigenvalue weighted by atomic mass is 16.5. The number of carbonyl (C=O) groups is 2. The predicted molar refractivity (Wildman–Crippen MR) is 79.1 cm³/mol. The molecule has 0 saturated heterocycles. The van der Waals surface area contributed by atoms with E-state index in [0.717, 1.165) is 0 Å². The first-order valence-electron chi connectivity index (χ1n) is 6.65. The van der Waals surface area contributed by atoms with E-state index < -0.39 is 17.5 Å². The van der Waals surface area contributed by atoms with Crippen molar-refractivity contribution in [3.05, 3.63) is 35.9 Å². The van der Waals surface area contributed by atoms with Crippen LogP contribution in [0.25, 0.3) is 0 Å². The number of likely N-dealkylation sites (N-methyl/N-ethyl adjacent to an activating group) is 1. The summed E-state index contributed by atoms with van der Waals surface area (Å²) >= 11 is 0. The van der Waals surface area contributed by atoms with Gasteiger partial charge in [-0.1, -0.05) is 30.3 Å². The quantitative estimate of drug-likeness (QED) is 0.836. The summed E-state index contributed by atoms with van der Waals surface area (Å²) < 4.78 is 5.00. The molecule has 2 unspecified atom stereocenters. The van der Waals surface area contributed by atoms with E-state index in [1.54, 1.807) is 44.5 Å². The number of hydrogen-bond donors (Lipinski definition) is 2. The molecular weight excluding hydrogens is 272 g/mol. The van der Waals surface area contributed by atoms with Crippen LogP contribution in [0.2, 0.25) is 0 Å². The van der Waals surface area contributed by atoms with Crippen molar-refractivity contribution < 1.29 is 19.4 Å². The topological polar surface area (TPSA) is 78.9 Å². The third-order valence-electron chi connectivity index (χ3n) is 3.53. The van der Waals surface area contributed by atoms with Crippen LogP contribution in [-0.2, 0) is 15.1 Å². The van der Waals surface area contributed by atoms with E-state index in [2.05, 4.69) is 5.32 Å². The number of nitrogens with one attached hydrogen (secondary N) is 1. The molecule has 0 aromatic heterocycles. The van der Waals surface area contributed by atoms with Crippen molar-refractivity contribution in [2.75, 3.05) is 20.8 Å². The molecule has 2 N–H and O–H groups in total. The number of nitrogens with zero attached hydrogens (tertiary/aromatic N) is 1. The van der Waals surface area contributed by atoms with Gasteiger partial charge in [0.1, 0.15) is 0 Å². The third-order valence-corrected chi connectivity index (χ3v) is 3.53. The summed E-state index contributed by atoms with van der Waals surface area (Å²) in [4.78, 5) is 25.3. The lowest BCUT2D eigenvalue weighted by Crippen LogP contribution is -2.55. The Labute approximate surface area is 124 Å². The van der Waals surface area contributed by atoms with Crippen molar-refractivity contribution in [1.82, 2.24) is 10.2 Å². The van der Waals surface area contributed by atoms with E-state index in [1.807, 2.05) is 6.92 Å². The second-order valence-corrected chi connectivity index (χ2v) is 5.14. The smallest absolute Gasteiger partial charge is 0.333 e. The molecule has 0 spiro atoms. The fourth-order valence-electron chi connectivity index (χ4n) is 1.88. The van der Waals surface area contributed by atoms with Gasteiger partial charge in [-0.15, -0.1) is 0 Å². The number of aliphatic carboxylic acids is 1. The summed E-state index contributed by atoms with van der Waals surface area (Å²) in [6.07, 6.45) is 0. The minimum atomic E-state index is -1.49. The Balaban J connectivity index is 2.94. The van der Waals surface area contributed by atoms with E-state index in [0.29, 0.717) is 12.2 Å². The van der Waals surface area contributed by atoms with Gasteiger partial charge in [-0.2, -0.15) is 0 Å². The maximum atomic E-state index is 12.2. The van der Waals surface area contributed by atoms with Crippen molar-refractivity contribution in [2.24, 2.45) is 0 Å². The van der Waals surface area contributed by atoms with Crippen molar-refractivity contribution in [1.29, 1.82) is 0 Å². The first kappa shape index (κ1) is 17.0. The minimum Gasteiger partial charge on any atom is -0.479 e. The highest BCUT2D eigenvalue weighted by Gasteiger charge is 2.38. The first-order valence-corrected chi connectivity index (χ1v) is 6.65. The van der Waals surface area contributed by atoms with Gasteiger partial charge < -0.3 is 20.1 Å². The van der Waals surface area contributed by atoms with Crippen LogP contribution in [0.15, 0.2) is 30.3 Å². The Morgan fingerprint density at radius 2 is 1.95 bits per heavy atom. The molecule has 1 aromatic carbocycles. The third kappa shape index (κ3) is 3.95. The van der Waals surface area contributed by atoms with Gasteiger partial charge in [0.05, 0.1) is 12.6 Å². The zero-order chi connectivity index (χ0) is 16.0. The SMILES string of the molecule is COCC(C)N(C)C(=O)NC(C)(C(=O)O)c1ccccc1. The Kier molecular flexibility index (Phi) is 5.72. The average Bonchev–Trinajstić information content (AvgIpc) is 2.47. The molecule has 0 heterocycles. The summed E-state index contributed by atoms with van der Waals surface area (Å²) in [5.41, 5.74) is -0.974. The number of carboxylic acids is 1. The molecule has 1 aromatic rings. The fourth-order valence-corrected chi connectivity index (χ4v) is 1.88. The number of benzene rings is 1. The van der Waals surface area contributed by atoms with Gasteiger partial charge in [-0.05, 0) is 19.4 Å². The second-order valence-electron chi connectivity index (χ2n) is 5.14. The summed E-state index contributed by atoms with van der Waals surface area (Å²) in [7, 11) is 3.15. The van der Waals surface area contributed by atoms with Crippen LogP contribution in [0.5, 0.6) is 0 Å². The van der Waals surface area contributed by atoms with Crippen molar-refractivity contribution in [3.8, 4) is 0 Å². The Bertz CT molecular complexity index is 492. The summed E-state index contributed by atoms with van der Waals surface area (Å²) in [6.45, 7) is 3.67. The number of urea groups is 1. The molecule has 2 amide bonds. The van der Waals surface area contributed by atoms with Gasteiger partial charge in [-0.25, -0.2) is 9.59 Å². The van der Waals surface area contributed by atoms with Crippen LogP contribution in [0.1, 0.15) is 19.4 Å². The largest absolute Gasteiger partial charge is 0.479 e. The fraction of sp³-hybridized carbons (Fsp3) is 0.467. The van der Waals surface area contributed by atoms with E-state index in [-0.39, 0.29) is 6.04 Å². The van der Waals surface area contributed by atoms with Crippen LogP contribution in [-0.4, -0.2) is 48.8 Å². The number of hydrogen-bond acceptors (Lipinski definition) is 3. The Hall–Kier alpha value is -2.08. The van der Waals surface area contributed by atoms with E-state index >= 15 is 0 Å². The highest BCUT2D eigenvalue weighted by Crippen LogP contribution is 2.21. The van der Waals surface area contributed by atoms with Crippen molar-refractivity contribution in [3.63, 3.8) is 0 Å². The predicted octanol–water partition coefficient (Wildman–Crippen LogP) is 1.66. The van der Waals surface area contributed by atoms with Crippen LogP contribution < -0.4 is 5.32 Å². The number of amides is 2.